The second-order valence-electron chi connectivity index (χ2n) is 11.1. The van der Waals surface area contributed by atoms with E-state index in [1.54, 1.807) is 41.7 Å². The van der Waals surface area contributed by atoms with Crippen LogP contribution < -0.4 is 24.8 Å². The zero-order chi connectivity index (χ0) is 23.6. The zero-order valence-electron chi connectivity index (χ0n) is 21.7. The molecule has 0 aromatic heterocycles. The van der Waals surface area contributed by atoms with E-state index in [0.717, 1.165) is 7.25 Å². The quantitative estimate of drug-likeness (QED) is 0.310. The van der Waals surface area contributed by atoms with Crippen LogP contribution >= 0.6 is 0 Å². The summed E-state index contributed by atoms with van der Waals surface area (Å²) in [5.74, 6) is 0. The van der Waals surface area contributed by atoms with Gasteiger partial charge in [0, 0.05) is 0 Å². The summed E-state index contributed by atoms with van der Waals surface area (Å²) in [6, 6.07) is 27.9. The monoisotopic (exact) mass is 602 g/mol. The molecule has 3 aliphatic rings. The molecule has 0 amide bonds. The molecule has 2 aliphatic carbocycles. The molecule has 2 unspecified atom stereocenters. The van der Waals surface area contributed by atoms with E-state index in [1.807, 2.05) is 0 Å². The van der Waals surface area contributed by atoms with E-state index >= 15 is 0 Å². The third-order valence-electron chi connectivity index (χ3n) is 9.09. The number of rotatable bonds is 6. The molecule has 0 N–H and O–H groups in total. The van der Waals surface area contributed by atoms with Gasteiger partial charge in [0.05, 0.1) is 0 Å². The molecular formula is C34H34Cl2Zr. The van der Waals surface area contributed by atoms with Gasteiger partial charge in [-0.2, -0.15) is 0 Å². The van der Waals surface area contributed by atoms with Gasteiger partial charge in [0.2, 0.25) is 0 Å². The van der Waals surface area contributed by atoms with Gasteiger partial charge < -0.3 is 24.8 Å². The first kappa shape index (κ1) is 26.9. The maximum Gasteiger partial charge on any atom is -1.00 e. The van der Waals surface area contributed by atoms with Crippen molar-refractivity contribution in [3.8, 4) is 0 Å². The van der Waals surface area contributed by atoms with Gasteiger partial charge in [-0.05, 0) is 0 Å². The first-order chi connectivity index (χ1) is 17.2. The number of benzene rings is 4. The van der Waals surface area contributed by atoms with Gasteiger partial charge >= 0.3 is 215 Å². The molecule has 188 valence electrons. The molecule has 37 heavy (non-hydrogen) atoms. The number of fused-ring (bicyclic) bond motifs is 6. The van der Waals surface area contributed by atoms with Crippen LogP contribution in [0, 0.1) is 0 Å². The summed E-state index contributed by atoms with van der Waals surface area (Å²) in [4.78, 5) is 0. The maximum absolute atomic E-state index is 2.64. The standard InChI is InChI=1S/2C16H15.C2H4.2ClH.Zr/c2*1-2-5-12-10-14-9-8-13-6-3-4-7-15(13)16(14)11-12;1-2;;;/h2*3-4,6-11H,2,5H2,1H3;1-2H2;2*1H;/q;;;;;+2/p-2. The minimum absolute atomic E-state index is 0. The Labute approximate surface area is 238 Å². The van der Waals surface area contributed by atoms with Crippen molar-refractivity contribution in [2.75, 3.05) is 0 Å². The molecule has 1 aliphatic heterocycles. The van der Waals surface area contributed by atoms with Crippen molar-refractivity contribution in [2.24, 2.45) is 0 Å². The molecule has 1 saturated heterocycles. The van der Waals surface area contributed by atoms with Crippen LogP contribution in [0.5, 0.6) is 0 Å². The van der Waals surface area contributed by atoms with Crippen molar-refractivity contribution in [2.45, 2.75) is 55.0 Å². The average Bonchev–Trinajstić information content (AvgIpc) is 3.43. The van der Waals surface area contributed by atoms with E-state index in [1.165, 1.54) is 47.2 Å². The van der Waals surface area contributed by atoms with E-state index in [-0.39, 0.29) is 24.8 Å². The van der Waals surface area contributed by atoms with Crippen molar-refractivity contribution in [1.29, 1.82) is 0 Å². The third kappa shape index (κ3) is 4.12. The molecule has 0 bridgehead atoms. The van der Waals surface area contributed by atoms with Crippen molar-refractivity contribution in [3.05, 3.63) is 106 Å². The largest absolute Gasteiger partial charge is 1.00 e. The van der Waals surface area contributed by atoms with Crippen molar-refractivity contribution in [1.82, 2.24) is 0 Å². The Morgan fingerprint density at radius 2 is 1.03 bits per heavy atom. The predicted octanol–water partition coefficient (Wildman–Crippen LogP) is 4.18. The minimum atomic E-state index is -2.59. The SMILES string of the molecule is CCCC1=Cc2c(ccc3ccccc23)[CH]1[Zr+2]1([CH]2C(CCC)=Cc3c2ccc2ccccc32)[CH2][CH2]1.[Cl-].[Cl-]. The fourth-order valence-corrected chi connectivity index (χ4v) is 25.2. The summed E-state index contributed by atoms with van der Waals surface area (Å²) in [7, 11) is 0. The molecule has 0 spiro atoms. The third-order valence-corrected chi connectivity index (χ3v) is 22.2. The van der Waals surface area contributed by atoms with E-state index in [0.29, 0.717) is 0 Å². The van der Waals surface area contributed by atoms with Gasteiger partial charge in [-0.25, -0.2) is 0 Å². The summed E-state index contributed by atoms with van der Waals surface area (Å²) in [5, 5.41) is 5.71. The molecule has 7 rings (SSSR count). The summed E-state index contributed by atoms with van der Waals surface area (Å²) < 4.78 is 4.60. The van der Waals surface area contributed by atoms with Crippen LogP contribution in [0.3, 0.4) is 0 Å². The van der Waals surface area contributed by atoms with Gasteiger partial charge in [-0.1, -0.05) is 0 Å². The first-order valence-electron chi connectivity index (χ1n) is 13.7. The normalized spacial score (nSPS) is 19.6. The predicted molar refractivity (Wildman–Crippen MR) is 149 cm³/mol. The van der Waals surface area contributed by atoms with Crippen LogP contribution in [-0.2, 0) is 20.3 Å². The van der Waals surface area contributed by atoms with Gasteiger partial charge in [0.15, 0.2) is 0 Å². The molecule has 0 radical (unpaired) electrons. The fraction of sp³-hybridized carbons (Fsp3) is 0.294. The Balaban J connectivity index is 0.00000140. The van der Waals surface area contributed by atoms with Crippen molar-refractivity contribution < 1.29 is 45.1 Å². The van der Waals surface area contributed by atoms with E-state index in [2.05, 4.69) is 98.8 Å². The Bertz CT molecular complexity index is 1430. The Kier molecular flexibility index (Phi) is 7.63. The second-order valence-corrected chi connectivity index (χ2v) is 22.5. The van der Waals surface area contributed by atoms with Gasteiger partial charge in [-0.3, -0.25) is 0 Å². The van der Waals surface area contributed by atoms with E-state index < -0.39 is 20.3 Å². The molecule has 4 aromatic carbocycles. The molecule has 1 fully saturated rings. The van der Waals surface area contributed by atoms with Crippen LogP contribution in [0.15, 0.2) is 83.9 Å². The molecule has 4 aromatic rings. The molecule has 2 atom stereocenters. The first-order valence-corrected chi connectivity index (χ1v) is 20.0. The molecule has 0 nitrogen and oxygen atoms in total. The number of halogens is 2. The van der Waals surface area contributed by atoms with Crippen LogP contribution in [0.4, 0.5) is 0 Å². The number of allylic oxidation sites excluding steroid dienone is 2. The van der Waals surface area contributed by atoms with Gasteiger partial charge in [0.25, 0.3) is 0 Å². The summed E-state index contributed by atoms with van der Waals surface area (Å²) in [6.45, 7) is 4.74. The van der Waals surface area contributed by atoms with E-state index in [4.69, 9.17) is 0 Å². The van der Waals surface area contributed by atoms with Gasteiger partial charge in [0.1, 0.15) is 0 Å². The molecule has 0 saturated carbocycles. The zero-order valence-corrected chi connectivity index (χ0v) is 25.7. The summed E-state index contributed by atoms with van der Waals surface area (Å²) in [6.07, 6.45) is 10.3. The second kappa shape index (κ2) is 10.5. The van der Waals surface area contributed by atoms with Crippen molar-refractivity contribution >= 4 is 33.7 Å². The molecule has 3 heteroatoms. The number of hydrogen-bond donors (Lipinski definition) is 0. The Morgan fingerprint density at radius 1 is 0.595 bits per heavy atom. The Hall–Kier alpha value is -1.66. The summed E-state index contributed by atoms with van der Waals surface area (Å²) in [5.41, 5.74) is 10.0. The topological polar surface area (TPSA) is 0 Å². The molecular weight excluding hydrogens is 571 g/mol. The van der Waals surface area contributed by atoms with Crippen LogP contribution in [0.25, 0.3) is 33.7 Å². The van der Waals surface area contributed by atoms with Crippen LogP contribution in [0.2, 0.25) is 8.26 Å². The van der Waals surface area contributed by atoms with Crippen molar-refractivity contribution in [3.63, 3.8) is 0 Å². The Morgan fingerprint density at radius 3 is 1.43 bits per heavy atom. The van der Waals surface area contributed by atoms with E-state index in [9.17, 15) is 0 Å². The smallest absolute Gasteiger partial charge is 1.00 e. The number of hydrogen-bond acceptors (Lipinski definition) is 0. The average molecular weight is 605 g/mol. The van der Waals surface area contributed by atoms with Crippen LogP contribution in [-0.4, -0.2) is 0 Å². The maximum atomic E-state index is 2.64. The summed E-state index contributed by atoms with van der Waals surface area (Å²) >= 11 is -2.59. The van der Waals surface area contributed by atoms with Crippen LogP contribution in [0.1, 0.15) is 69.0 Å². The minimum Gasteiger partial charge on any atom is -1.00 e. The molecule has 1 heterocycles. The van der Waals surface area contributed by atoms with Gasteiger partial charge in [-0.15, -0.1) is 0 Å². The fourth-order valence-electron chi connectivity index (χ4n) is 7.64.